The molecule has 8 heteroatoms. The van der Waals surface area contributed by atoms with E-state index in [1.165, 1.54) is 17.6 Å². The van der Waals surface area contributed by atoms with Gasteiger partial charge in [0, 0.05) is 42.4 Å². The molecule has 0 radical (unpaired) electrons. The van der Waals surface area contributed by atoms with Crippen LogP contribution in [0.1, 0.15) is 44.6 Å². The lowest BCUT2D eigenvalue weighted by molar-refractivity contribution is 0.158. The molecule has 1 saturated carbocycles. The number of nitrogens with zero attached hydrogens (tertiary/aromatic N) is 2. The number of rotatable bonds is 5. The van der Waals surface area contributed by atoms with E-state index < -0.39 is 9.84 Å². The molecule has 2 amide bonds. The minimum atomic E-state index is -3.21. The Kier molecular flexibility index (Phi) is 7.51. The highest BCUT2D eigenvalue weighted by atomic mass is 32.2. The molecule has 0 saturated heterocycles. The van der Waals surface area contributed by atoms with Gasteiger partial charge in [-0.3, -0.25) is 5.32 Å². The van der Waals surface area contributed by atoms with E-state index in [1.807, 2.05) is 10.3 Å². The summed E-state index contributed by atoms with van der Waals surface area (Å²) in [6, 6.07) is 6.64. The zero-order valence-electron chi connectivity index (χ0n) is 17.3. The predicted octanol–water partition coefficient (Wildman–Crippen LogP) is 4.40. The maximum atomic E-state index is 12.9. The van der Waals surface area contributed by atoms with Crippen molar-refractivity contribution in [1.82, 2.24) is 9.88 Å². The fourth-order valence-corrected chi connectivity index (χ4v) is 4.73. The third-order valence-corrected chi connectivity index (χ3v) is 7.14. The summed E-state index contributed by atoms with van der Waals surface area (Å²) in [7, 11) is -3.21. The van der Waals surface area contributed by atoms with Crippen LogP contribution in [-0.2, 0) is 9.84 Å². The van der Waals surface area contributed by atoms with E-state index in [0.717, 1.165) is 31.2 Å². The molecule has 1 heterocycles. The van der Waals surface area contributed by atoms with Crippen LogP contribution in [0.2, 0.25) is 0 Å². The molecule has 0 unspecified atom stereocenters. The van der Waals surface area contributed by atoms with Crippen LogP contribution in [0.4, 0.5) is 9.93 Å². The molecular weight excluding hydrogens is 418 g/mol. The summed E-state index contributed by atoms with van der Waals surface area (Å²) in [5.41, 5.74) is 0.757. The lowest BCUT2D eigenvalue weighted by atomic mass is 9.86. The molecule has 1 aromatic heterocycles. The number of nitrogens with one attached hydrogen (secondary N) is 1. The third kappa shape index (κ3) is 6.31. The number of carbonyl (C=O) groups is 1. The van der Waals surface area contributed by atoms with E-state index >= 15 is 0 Å². The Balaban J connectivity index is 1.63. The first-order valence-corrected chi connectivity index (χ1v) is 12.9. The van der Waals surface area contributed by atoms with E-state index in [-0.39, 0.29) is 17.0 Å². The van der Waals surface area contributed by atoms with E-state index in [9.17, 15) is 13.2 Å². The number of amides is 2. The maximum Gasteiger partial charge on any atom is 0.323 e. The summed E-state index contributed by atoms with van der Waals surface area (Å²) in [4.78, 5) is 19.2. The number of carbonyl (C=O) groups excluding carboxylic acids is 1. The molecule has 0 aliphatic heterocycles. The second-order valence-electron chi connectivity index (χ2n) is 7.72. The molecule has 1 aromatic carbocycles. The Morgan fingerprint density at radius 3 is 2.53 bits per heavy atom. The van der Waals surface area contributed by atoms with Gasteiger partial charge in [0.15, 0.2) is 15.0 Å². The second kappa shape index (κ2) is 10.1. The van der Waals surface area contributed by atoms with E-state index in [2.05, 4.69) is 29.1 Å². The summed E-state index contributed by atoms with van der Waals surface area (Å²) in [5, 5.41) is 5.34. The van der Waals surface area contributed by atoms with Crippen LogP contribution in [0.5, 0.6) is 0 Å². The van der Waals surface area contributed by atoms with Crippen molar-refractivity contribution >= 4 is 32.3 Å². The lowest BCUT2D eigenvalue weighted by Gasteiger charge is -2.35. The van der Waals surface area contributed by atoms with Gasteiger partial charge in [0.25, 0.3) is 0 Å². The van der Waals surface area contributed by atoms with Crippen LogP contribution in [0.25, 0.3) is 0 Å². The Hall–Kier alpha value is -2.37. The van der Waals surface area contributed by atoms with E-state index in [1.54, 1.807) is 30.5 Å². The van der Waals surface area contributed by atoms with Gasteiger partial charge in [0.05, 0.1) is 4.90 Å². The molecule has 0 atom stereocenters. The van der Waals surface area contributed by atoms with Gasteiger partial charge in [-0.05, 0) is 55.9 Å². The van der Waals surface area contributed by atoms with Crippen molar-refractivity contribution in [3.8, 4) is 11.8 Å². The van der Waals surface area contributed by atoms with Crippen molar-refractivity contribution in [3.63, 3.8) is 0 Å². The molecule has 1 N–H and O–H groups in total. The molecule has 160 valence electrons. The Bertz CT molecular complexity index is 998. The van der Waals surface area contributed by atoms with Gasteiger partial charge in [-0.2, -0.15) is 0 Å². The quantitative estimate of drug-likeness (QED) is 0.692. The van der Waals surface area contributed by atoms with Gasteiger partial charge in [0.2, 0.25) is 0 Å². The first-order valence-electron chi connectivity index (χ1n) is 10.1. The van der Waals surface area contributed by atoms with Gasteiger partial charge in [-0.25, -0.2) is 18.2 Å². The largest absolute Gasteiger partial charge is 0.323 e. The van der Waals surface area contributed by atoms with Crippen molar-refractivity contribution in [2.24, 2.45) is 5.92 Å². The summed E-state index contributed by atoms with van der Waals surface area (Å²) in [5.74, 6) is 6.89. The number of urea groups is 1. The number of thiazole rings is 1. The fourth-order valence-electron chi connectivity index (χ4n) is 3.58. The minimum Gasteiger partial charge on any atom is -0.321 e. The lowest BCUT2D eigenvalue weighted by Crippen LogP contribution is -2.45. The molecule has 1 fully saturated rings. The van der Waals surface area contributed by atoms with Gasteiger partial charge < -0.3 is 4.90 Å². The zero-order valence-corrected chi connectivity index (χ0v) is 18.9. The van der Waals surface area contributed by atoms with Crippen LogP contribution in [0.3, 0.4) is 0 Å². The van der Waals surface area contributed by atoms with Crippen LogP contribution >= 0.6 is 11.3 Å². The standard InChI is InChI=1S/C22H27N3O3S2/c1-17-6-10-19(11-7-17)25(22(26)24-21-23-14-16-29-21)15-4-3-5-18-8-12-20(13-9-18)30(2,27)28/h8-9,12-14,16-17,19H,4,6-7,10-11,15H2,1-2H3,(H,23,24,26). The fraction of sp³-hybridized carbons (Fsp3) is 0.455. The number of sulfone groups is 1. The highest BCUT2D eigenvalue weighted by Crippen LogP contribution is 2.28. The molecule has 1 aliphatic carbocycles. The van der Waals surface area contributed by atoms with Gasteiger partial charge in [-0.15, -0.1) is 11.3 Å². The summed E-state index contributed by atoms with van der Waals surface area (Å²) in [6.07, 6.45) is 7.68. The molecule has 1 aliphatic rings. The first-order chi connectivity index (χ1) is 14.3. The smallest absolute Gasteiger partial charge is 0.321 e. The number of hydrogen-bond acceptors (Lipinski definition) is 5. The normalized spacial score (nSPS) is 18.9. The number of hydrogen-bond donors (Lipinski definition) is 1. The average Bonchev–Trinajstić information content (AvgIpc) is 3.21. The number of anilines is 1. The first kappa shape index (κ1) is 22.3. The molecule has 2 aromatic rings. The van der Waals surface area contributed by atoms with Gasteiger partial charge in [-0.1, -0.05) is 18.8 Å². The topological polar surface area (TPSA) is 79.4 Å². The SMILES string of the molecule is CC1CCC(N(CCC#Cc2ccc(S(C)(=O)=O)cc2)C(=O)Nc2nccs2)CC1. The van der Waals surface area contributed by atoms with Gasteiger partial charge >= 0.3 is 6.03 Å². The predicted molar refractivity (Wildman–Crippen MR) is 120 cm³/mol. The van der Waals surface area contributed by atoms with Crippen LogP contribution < -0.4 is 5.32 Å². The van der Waals surface area contributed by atoms with Gasteiger partial charge in [0.1, 0.15) is 0 Å². The molecule has 0 bridgehead atoms. The highest BCUT2D eigenvalue weighted by Gasteiger charge is 2.27. The average molecular weight is 446 g/mol. The molecule has 30 heavy (non-hydrogen) atoms. The van der Waals surface area contributed by atoms with Crippen molar-refractivity contribution in [1.29, 1.82) is 0 Å². The Morgan fingerprint density at radius 2 is 1.93 bits per heavy atom. The maximum absolute atomic E-state index is 12.9. The van der Waals surface area contributed by atoms with Crippen molar-refractivity contribution in [2.45, 2.75) is 50.0 Å². The Morgan fingerprint density at radius 1 is 1.23 bits per heavy atom. The zero-order chi connectivity index (χ0) is 21.6. The van der Waals surface area contributed by atoms with Crippen LogP contribution in [0.15, 0.2) is 40.7 Å². The van der Waals surface area contributed by atoms with Crippen molar-refractivity contribution in [2.75, 3.05) is 18.1 Å². The highest BCUT2D eigenvalue weighted by molar-refractivity contribution is 7.90. The van der Waals surface area contributed by atoms with Crippen molar-refractivity contribution < 1.29 is 13.2 Å². The summed E-state index contributed by atoms with van der Waals surface area (Å²) < 4.78 is 23.1. The Labute approximate surface area is 182 Å². The number of benzene rings is 1. The molecule has 6 nitrogen and oxygen atoms in total. The number of aromatic nitrogens is 1. The van der Waals surface area contributed by atoms with E-state index in [4.69, 9.17) is 0 Å². The second-order valence-corrected chi connectivity index (χ2v) is 10.6. The minimum absolute atomic E-state index is 0.121. The van der Waals surface area contributed by atoms with Crippen LogP contribution in [0, 0.1) is 17.8 Å². The summed E-state index contributed by atoms with van der Waals surface area (Å²) in [6.45, 7) is 2.81. The monoisotopic (exact) mass is 445 g/mol. The third-order valence-electron chi connectivity index (χ3n) is 5.33. The summed E-state index contributed by atoms with van der Waals surface area (Å²) >= 11 is 1.40. The molecule has 0 spiro atoms. The van der Waals surface area contributed by atoms with Crippen LogP contribution in [-0.4, -0.2) is 43.2 Å². The van der Waals surface area contributed by atoms with E-state index in [0.29, 0.717) is 24.0 Å². The molecular formula is C22H27N3O3S2. The molecule has 3 rings (SSSR count). The van der Waals surface area contributed by atoms with Crippen molar-refractivity contribution in [3.05, 3.63) is 41.4 Å².